The molecule has 3 unspecified atom stereocenters. The van der Waals surface area contributed by atoms with Crippen LogP contribution in [0.2, 0.25) is 0 Å². The lowest BCUT2D eigenvalue weighted by Gasteiger charge is -2.28. The fourth-order valence-electron chi connectivity index (χ4n) is 3.57. The van der Waals surface area contributed by atoms with Crippen LogP contribution in [0.3, 0.4) is 0 Å². The summed E-state index contributed by atoms with van der Waals surface area (Å²) >= 11 is 0. The SMILES string of the molecule is CNC(=O)C1CCCN1C(=O)CCC1CCCC(N)C1. The summed E-state index contributed by atoms with van der Waals surface area (Å²) in [6.07, 6.45) is 7.75. The maximum absolute atomic E-state index is 12.3. The van der Waals surface area contributed by atoms with Crippen LogP contribution in [-0.2, 0) is 9.59 Å². The smallest absolute Gasteiger partial charge is 0.242 e. The number of carbonyl (C=O) groups is 2. The second-order valence-corrected chi connectivity index (χ2v) is 6.19. The maximum atomic E-state index is 12.3. The van der Waals surface area contributed by atoms with Crippen LogP contribution < -0.4 is 11.1 Å². The molecule has 2 aliphatic rings. The van der Waals surface area contributed by atoms with Gasteiger partial charge >= 0.3 is 0 Å². The molecule has 1 aliphatic carbocycles. The summed E-state index contributed by atoms with van der Waals surface area (Å²) in [5.41, 5.74) is 5.99. The number of hydrogen-bond donors (Lipinski definition) is 2. The van der Waals surface area contributed by atoms with Crippen molar-refractivity contribution in [3.8, 4) is 0 Å². The summed E-state index contributed by atoms with van der Waals surface area (Å²) in [6.45, 7) is 0.723. The lowest BCUT2D eigenvalue weighted by molar-refractivity contribution is -0.138. The first-order valence-electron chi connectivity index (χ1n) is 7.88. The number of likely N-dealkylation sites (tertiary alicyclic amines) is 1. The van der Waals surface area contributed by atoms with Gasteiger partial charge in [-0.3, -0.25) is 9.59 Å². The Balaban J connectivity index is 1.80. The zero-order chi connectivity index (χ0) is 14.5. The first-order chi connectivity index (χ1) is 9.61. The van der Waals surface area contributed by atoms with E-state index >= 15 is 0 Å². The predicted molar refractivity (Wildman–Crippen MR) is 78.0 cm³/mol. The van der Waals surface area contributed by atoms with E-state index in [9.17, 15) is 9.59 Å². The molecule has 1 saturated carbocycles. The maximum Gasteiger partial charge on any atom is 0.242 e. The quantitative estimate of drug-likeness (QED) is 0.808. The number of likely N-dealkylation sites (N-methyl/N-ethyl adjacent to an activating group) is 1. The lowest BCUT2D eigenvalue weighted by Crippen LogP contribution is -2.45. The van der Waals surface area contributed by atoms with Gasteiger partial charge in [0, 0.05) is 26.1 Å². The van der Waals surface area contributed by atoms with E-state index < -0.39 is 0 Å². The van der Waals surface area contributed by atoms with Crippen LogP contribution in [0.5, 0.6) is 0 Å². The molecule has 3 atom stereocenters. The Morgan fingerprint density at radius 1 is 1.25 bits per heavy atom. The van der Waals surface area contributed by atoms with Gasteiger partial charge in [0.25, 0.3) is 0 Å². The third-order valence-electron chi connectivity index (χ3n) is 4.71. The highest BCUT2D eigenvalue weighted by molar-refractivity contribution is 5.88. The Labute approximate surface area is 121 Å². The molecule has 2 rings (SSSR count). The van der Waals surface area contributed by atoms with E-state index in [1.54, 1.807) is 11.9 Å². The molecule has 20 heavy (non-hydrogen) atoms. The van der Waals surface area contributed by atoms with Crippen LogP contribution in [0, 0.1) is 5.92 Å². The highest BCUT2D eigenvalue weighted by Gasteiger charge is 2.33. The molecule has 5 nitrogen and oxygen atoms in total. The molecule has 0 aromatic rings. The zero-order valence-electron chi connectivity index (χ0n) is 12.4. The van der Waals surface area contributed by atoms with Gasteiger partial charge in [0.05, 0.1) is 0 Å². The second-order valence-electron chi connectivity index (χ2n) is 6.19. The molecular formula is C15H27N3O2. The first kappa shape index (κ1) is 15.3. The van der Waals surface area contributed by atoms with E-state index in [0.717, 1.165) is 38.6 Å². The van der Waals surface area contributed by atoms with Crippen molar-refractivity contribution < 1.29 is 9.59 Å². The van der Waals surface area contributed by atoms with Crippen LogP contribution in [0.25, 0.3) is 0 Å². The Morgan fingerprint density at radius 3 is 2.75 bits per heavy atom. The molecule has 1 saturated heterocycles. The highest BCUT2D eigenvalue weighted by atomic mass is 16.2. The van der Waals surface area contributed by atoms with Gasteiger partial charge in [0.1, 0.15) is 6.04 Å². The normalized spacial score (nSPS) is 30.3. The molecule has 1 heterocycles. The number of nitrogens with zero attached hydrogens (tertiary/aromatic N) is 1. The molecule has 0 aromatic carbocycles. The average Bonchev–Trinajstić information content (AvgIpc) is 2.93. The van der Waals surface area contributed by atoms with Gasteiger partial charge in [0.15, 0.2) is 0 Å². The number of rotatable bonds is 4. The van der Waals surface area contributed by atoms with Crippen molar-refractivity contribution in [2.24, 2.45) is 11.7 Å². The summed E-state index contributed by atoms with van der Waals surface area (Å²) in [6, 6.07) is 0.0652. The number of carbonyl (C=O) groups excluding carboxylic acids is 2. The van der Waals surface area contributed by atoms with Crippen LogP contribution in [-0.4, -0.2) is 42.4 Å². The number of nitrogens with two attached hydrogens (primary N) is 1. The van der Waals surface area contributed by atoms with E-state index in [4.69, 9.17) is 5.73 Å². The largest absolute Gasteiger partial charge is 0.357 e. The second kappa shape index (κ2) is 7.07. The average molecular weight is 281 g/mol. The van der Waals surface area contributed by atoms with Crippen molar-refractivity contribution in [3.63, 3.8) is 0 Å². The topological polar surface area (TPSA) is 75.4 Å². The highest BCUT2D eigenvalue weighted by Crippen LogP contribution is 2.28. The minimum atomic E-state index is -0.249. The molecule has 5 heteroatoms. The van der Waals surface area contributed by atoms with Crippen molar-refractivity contribution in [2.45, 2.75) is 63.5 Å². The summed E-state index contributed by atoms with van der Waals surface area (Å²) in [5.74, 6) is 0.689. The van der Waals surface area contributed by atoms with Crippen LogP contribution in [0.15, 0.2) is 0 Å². The molecule has 2 amide bonds. The minimum Gasteiger partial charge on any atom is -0.357 e. The lowest BCUT2D eigenvalue weighted by atomic mass is 9.83. The van der Waals surface area contributed by atoms with Crippen LogP contribution in [0.4, 0.5) is 0 Å². The Kier molecular flexibility index (Phi) is 5.40. The summed E-state index contributed by atoms with van der Waals surface area (Å²) in [5, 5.41) is 2.65. The first-order valence-corrected chi connectivity index (χ1v) is 7.88. The fraction of sp³-hybridized carbons (Fsp3) is 0.867. The Hall–Kier alpha value is -1.10. The standard InChI is InChI=1S/C15H27N3O2/c1-17-15(20)13-6-3-9-18(13)14(19)8-7-11-4-2-5-12(16)10-11/h11-13H,2-10,16H2,1H3,(H,17,20). The van der Waals surface area contributed by atoms with E-state index in [-0.39, 0.29) is 17.9 Å². The van der Waals surface area contributed by atoms with Gasteiger partial charge in [-0.1, -0.05) is 12.8 Å². The molecule has 1 aliphatic heterocycles. The van der Waals surface area contributed by atoms with Gasteiger partial charge in [-0.2, -0.15) is 0 Å². The molecule has 3 N–H and O–H groups in total. The predicted octanol–water partition coefficient (Wildman–Crippen LogP) is 1.02. The van der Waals surface area contributed by atoms with Gasteiger partial charge in [-0.15, -0.1) is 0 Å². The van der Waals surface area contributed by atoms with Gasteiger partial charge in [-0.05, 0) is 38.0 Å². The molecular weight excluding hydrogens is 254 g/mol. The monoisotopic (exact) mass is 281 g/mol. The molecule has 0 spiro atoms. The number of amides is 2. The van der Waals surface area contributed by atoms with Crippen LogP contribution >= 0.6 is 0 Å². The summed E-state index contributed by atoms with van der Waals surface area (Å²) < 4.78 is 0. The Morgan fingerprint density at radius 2 is 2.05 bits per heavy atom. The number of hydrogen-bond acceptors (Lipinski definition) is 3. The van der Waals surface area contributed by atoms with Crippen LogP contribution in [0.1, 0.15) is 51.4 Å². The molecule has 114 valence electrons. The van der Waals surface area contributed by atoms with E-state index in [0.29, 0.717) is 18.4 Å². The minimum absolute atomic E-state index is 0.0319. The summed E-state index contributed by atoms with van der Waals surface area (Å²) in [7, 11) is 1.63. The van der Waals surface area contributed by atoms with Crippen molar-refractivity contribution in [1.82, 2.24) is 10.2 Å². The van der Waals surface area contributed by atoms with Gasteiger partial charge in [-0.25, -0.2) is 0 Å². The van der Waals surface area contributed by atoms with Crippen molar-refractivity contribution >= 4 is 11.8 Å². The third-order valence-corrected chi connectivity index (χ3v) is 4.71. The van der Waals surface area contributed by atoms with E-state index in [1.165, 1.54) is 12.8 Å². The van der Waals surface area contributed by atoms with Crippen molar-refractivity contribution in [3.05, 3.63) is 0 Å². The fourth-order valence-corrected chi connectivity index (χ4v) is 3.57. The van der Waals surface area contributed by atoms with Crippen molar-refractivity contribution in [2.75, 3.05) is 13.6 Å². The Bertz CT molecular complexity index is 359. The van der Waals surface area contributed by atoms with E-state index in [2.05, 4.69) is 5.32 Å². The molecule has 2 fully saturated rings. The van der Waals surface area contributed by atoms with Crippen molar-refractivity contribution in [1.29, 1.82) is 0 Å². The molecule has 0 radical (unpaired) electrons. The summed E-state index contributed by atoms with van der Waals surface area (Å²) in [4.78, 5) is 25.8. The molecule has 0 bridgehead atoms. The van der Waals surface area contributed by atoms with Gasteiger partial charge in [0.2, 0.25) is 11.8 Å². The van der Waals surface area contributed by atoms with E-state index in [1.807, 2.05) is 0 Å². The molecule has 0 aromatic heterocycles. The number of nitrogens with one attached hydrogen (secondary N) is 1. The van der Waals surface area contributed by atoms with Gasteiger partial charge < -0.3 is 16.0 Å². The third kappa shape index (κ3) is 3.72. The zero-order valence-corrected chi connectivity index (χ0v) is 12.4.